The molecule has 0 spiro atoms. The molecule has 2 aromatic rings. The predicted octanol–water partition coefficient (Wildman–Crippen LogP) is 3.92. The van der Waals surface area contributed by atoms with E-state index in [9.17, 15) is 18.0 Å². The van der Waals surface area contributed by atoms with Crippen LogP contribution < -0.4 is 10.6 Å². The Morgan fingerprint density at radius 2 is 1.52 bits per heavy atom. The number of amides is 2. The van der Waals surface area contributed by atoms with Crippen LogP contribution in [-0.4, -0.2) is 44.2 Å². The summed E-state index contributed by atoms with van der Waals surface area (Å²) in [6, 6.07) is 13.7. The van der Waals surface area contributed by atoms with Gasteiger partial charge in [-0.15, -0.1) is 0 Å². The summed E-state index contributed by atoms with van der Waals surface area (Å²) in [7, 11) is -3.50. The van der Waals surface area contributed by atoms with Crippen molar-refractivity contribution in [2.75, 3.05) is 25.0 Å². The molecule has 2 amide bonds. The van der Waals surface area contributed by atoms with E-state index in [1.807, 2.05) is 12.1 Å². The van der Waals surface area contributed by atoms with Crippen LogP contribution in [0.25, 0.3) is 0 Å². The van der Waals surface area contributed by atoms with E-state index in [1.165, 1.54) is 16.4 Å². The number of piperidine rings is 1. The fraction of sp³-hybridized carbons (Fsp3) is 0.440. The van der Waals surface area contributed by atoms with Gasteiger partial charge in [-0.3, -0.25) is 9.59 Å². The summed E-state index contributed by atoms with van der Waals surface area (Å²) in [5.41, 5.74) is 2.23. The van der Waals surface area contributed by atoms with Crippen molar-refractivity contribution in [3.05, 3.63) is 59.7 Å². The molecule has 0 radical (unpaired) electrons. The Morgan fingerprint density at radius 1 is 0.909 bits per heavy atom. The smallest absolute Gasteiger partial charge is 0.251 e. The van der Waals surface area contributed by atoms with Crippen LogP contribution in [0.2, 0.25) is 0 Å². The van der Waals surface area contributed by atoms with Crippen LogP contribution in [0, 0.1) is 0 Å². The highest BCUT2D eigenvalue weighted by atomic mass is 32.2. The topological polar surface area (TPSA) is 95.6 Å². The minimum Gasteiger partial charge on any atom is -0.352 e. The average molecular weight is 472 g/mol. The van der Waals surface area contributed by atoms with Gasteiger partial charge < -0.3 is 10.6 Å². The van der Waals surface area contributed by atoms with Crippen LogP contribution in [0.15, 0.2) is 53.4 Å². The lowest BCUT2D eigenvalue weighted by Gasteiger charge is -2.25. The van der Waals surface area contributed by atoms with E-state index in [4.69, 9.17) is 0 Å². The highest BCUT2D eigenvalue weighted by molar-refractivity contribution is 7.89. The molecule has 1 heterocycles. The largest absolute Gasteiger partial charge is 0.352 e. The minimum absolute atomic E-state index is 0.0169. The zero-order valence-electron chi connectivity index (χ0n) is 19.6. The number of hydrogen-bond acceptors (Lipinski definition) is 4. The quantitative estimate of drug-likeness (QED) is 0.640. The number of carbonyl (C=O) groups excluding carboxylic acids is 2. The van der Waals surface area contributed by atoms with Crippen LogP contribution >= 0.6 is 0 Å². The molecule has 8 heteroatoms. The van der Waals surface area contributed by atoms with Gasteiger partial charge in [0, 0.05) is 37.3 Å². The Morgan fingerprint density at radius 3 is 2.09 bits per heavy atom. The van der Waals surface area contributed by atoms with E-state index in [1.54, 1.807) is 24.3 Å². The van der Waals surface area contributed by atoms with E-state index in [-0.39, 0.29) is 35.1 Å². The van der Waals surface area contributed by atoms with Gasteiger partial charge in [0.15, 0.2) is 0 Å². The molecule has 1 aliphatic heterocycles. The Labute approximate surface area is 196 Å². The molecule has 33 heavy (non-hydrogen) atoms. The number of nitrogens with zero attached hydrogens (tertiary/aromatic N) is 1. The molecule has 1 aliphatic rings. The molecule has 1 fully saturated rings. The van der Waals surface area contributed by atoms with Gasteiger partial charge in [-0.05, 0) is 60.2 Å². The Bertz CT molecular complexity index is 1070. The number of rotatable bonds is 7. The maximum Gasteiger partial charge on any atom is 0.251 e. The summed E-state index contributed by atoms with van der Waals surface area (Å²) >= 11 is 0. The van der Waals surface area contributed by atoms with E-state index >= 15 is 0 Å². The summed E-state index contributed by atoms with van der Waals surface area (Å²) < 4.78 is 26.9. The lowest BCUT2D eigenvalue weighted by Crippen LogP contribution is -2.35. The lowest BCUT2D eigenvalue weighted by atomic mass is 9.87. The Balaban J connectivity index is 1.47. The fourth-order valence-electron chi connectivity index (χ4n) is 3.70. The van der Waals surface area contributed by atoms with Crippen molar-refractivity contribution >= 4 is 27.5 Å². The number of carbonyl (C=O) groups is 2. The molecule has 0 unspecified atom stereocenters. The molecule has 3 rings (SSSR count). The summed E-state index contributed by atoms with van der Waals surface area (Å²) in [5.74, 6) is -0.486. The van der Waals surface area contributed by atoms with Crippen molar-refractivity contribution in [1.82, 2.24) is 9.62 Å². The third-order valence-electron chi connectivity index (χ3n) is 5.74. The van der Waals surface area contributed by atoms with Gasteiger partial charge in [0.25, 0.3) is 5.91 Å². The molecule has 0 bridgehead atoms. The van der Waals surface area contributed by atoms with Crippen molar-refractivity contribution in [2.45, 2.75) is 56.8 Å². The van der Waals surface area contributed by atoms with E-state index < -0.39 is 10.0 Å². The van der Waals surface area contributed by atoms with Gasteiger partial charge in [0.2, 0.25) is 15.9 Å². The highest BCUT2D eigenvalue weighted by Crippen LogP contribution is 2.23. The molecule has 0 aliphatic carbocycles. The van der Waals surface area contributed by atoms with E-state index in [2.05, 4.69) is 31.4 Å². The zero-order valence-corrected chi connectivity index (χ0v) is 20.4. The van der Waals surface area contributed by atoms with Crippen molar-refractivity contribution in [2.24, 2.45) is 0 Å². The molecular formula is C25H33N3O4S. The average Bonchev–Trinajstić information content (AvgIpc) is 2.79. The van der Waals surface area contributed by atoms with Crippen LogP contribution in [0.1, 0.15) is 62.4 Å². The van der Waals surface area contributed by atoms with Crippen LogP contribution in [0.5, 0.6) is 0 Å². The minimum atomic E-state index is -3.50. The zero-order chi connectivity index (χ0) is 24.1. The summed E-state index contributed by atoms with van der Waals surface area (Å²) in [6.45, 7) is 7.64. The molecule has 2 aromatic carbocycles. The first-order chi connectivity index (χ1) is 15.6. The number of nitrogens with one attached hydrogen (secondary N) is 2. The number of anilines is 1. The summed E-state index contributed by atoms with van der Waals surface area (Å²) in [6.07, 6.45) is 2.93. The maximum atomic E-state index is 12.7. The van der Waals surface area contributed by atoms with E-state index in [0.29, 0.717) is 24.3 Å². The maximum absolute atomic E-state index is 12.7. The predicted molar refractivity (Wildman–Crippen MR) is 130 cm³/mol. The monoisotopic (exact) mass is 471 g/mol. The second kappa shape index (κ2) is 10.5. The first-order valence-electron chi connectivity index (χ1n) is 11.4. The summed E-state index contributed by atoms with van der Waals surface area (Å²) in [5, 5.41) is 5.49. The first-order valence-corrected chi connectivity index (χ1v) is 12.8. The molecule has 178 valence electrons. The van der Waals surface area contributed by atoms with Crippen molar-refractivity contribution in [1.29, 1.82) is 0 Å². The highest BCUT2D eigenvalue weighted by Gasteiger charge is 2.25. The van der Waals surface area contributed by atoms with Gasteiger partial charge in [0.05, 0.1) is 4.90 Å². The molecule has 0 atom stereocenters. The number of hydrogen-bond donors (Lipinski definition) is 2. The second-order valence-electron chi connectivity index (χ2n) is 9.37. The SMILES string of the molecule is CC(C)(C)c1ccc(C(=O)NCCC(=O)Nc2ccc(S(=O)(=O)N3CCCCC3)cc2)cc1. The van der Waals surface area contributed by atoms with Gasteiger partial charge >= 0.3 is 0 Å². The van der Waals surface area contributed by atoms with Gasteiger partial charge in [-0.2, -0.15) is 4.31 Å². The van der Waals surface area contributed by atoms with Crippen LogP contribution in [0.3, 0.4) is 0 Å². The number of sulfonamides is 1. The van der Waals surface area contributed by atoms with Crippen molar-refractivity contribution in [3.63, 3.8) is 0 Å². The van der Waals surface area contributed by atoms with Crippen molar-refractivity contribution in [3.8, 4) is 0 Å². The molecule has 7 nitrogen and oxygen atoms in total. The molecule has 1 saturated heterocycles. The van der Waals surface area contributed by atoms with Gasteiger partial charge in [0.1, 0.15) is 0 Å². The lowest BCUT2D eigenvalue weighted by molar-refractivity contribution is -0.116. The van der Waals surface area contributed by atoms with Crippen molar-refractivity contribution < 1.29 is 18.0 Å². The number of benzene rings is 2. The van der Waals surface area contributed by atoms with Gasteiger partial charge in [-0.1, -0.05) is 39.3 Å². The van der Waals surface area contributed by atoms with Crippen LogP contribution in [-0.2, 0) is 20.2 Å². The first kappa shape index (κ1) is 24.9. The Hall–Kier alpha value is -2.71. The van der Waals surface area contributed by atoms with Gasteiger partial charge in [-0.25, -0.2) is 8.42 Å². The Kier molecular flexibility index (Phi) is 7.92. The van der Waals surface area contributed by atoms with E-state index in [0.717, 1.165) is 24.8 Å². The molecule has 0 aromatic heterocycles. The molecule has 2 N–H and O–H groups in total. The molecule has 0 saturated carbocycles. The third kappa shape index (κ3) is 6.65. The second-order valence-corrected chi connectivity index (χ2v) is 11.3. The molecular weight excluding hydrogens is 438 g/mol. The summed E-state index contributed by atoms with van der Waals surface area (Å²) in [4.78, 5) is 24.8. The van der Waals surface area contributed by atoms with Crippen LogP contribution in [0.4, 0.5) is 5.69 Å². The fourth-order valence-corrected chi connectivity index (χ4v) is 5.22. The normalized spacial score (nSPS) is 15.1. The standard InChI is InChI=1S/C25H33N3O4S/c1-25(2,3)20-9-7-19(8-10-20)24(30)26-16-15-23(29)27-21-11-13-22(14-12-21)33(31,32)28-17-5-4-6-18-28/h7-14H,4-6,15-18H2,1-3H3,(H,26,30)(H,27,29). The third-order valence-corrected chi connectivity index (χ3v) is 7.65.